The third kappa shape index (κ3) is 3.34. The SMILES string of the molecule is CCOc1ccnc(N2CCN(C(=O)c3nccnc3N)CC2)n1. The van der Waals surface area contributed by atoms with Gasteiger partial charge < -0.3 is 20.3 Å². The zero-order chi connectivity index (χ0) is 16.9. The van der Waals surface area contributed by atoms with Crippen LogP contribution < -0.4 is 15.4 Å². The summed E-state index contributed by atoms with van der Waals surface area (Å²) >= 11 is 0. The molecule has 126 valence electrons. The van der Waals surface area contributed by atoms with Gasteiger partial charge in [-0.15, -0.1) is 0 Å². The molecule has 9 nitrogen and oxygen atoms in total. The highest BCUT2D eigenvalue weighted by Crippen LogP contribution is 2.16. The van der Waals surface area contributed by atoms with E-state index in [4.69, 9.17) is 10.5 Å². The largest absolute Gasteiger partial charge is 0.478 e. The third-order valence-electron chi connectivity index (χ3n) is 3.69. The van der Waals surface area contributed by atoms with Crippen LogP contribution in [0.25, 0.3) is 0 Å². The molecule has 1 fully saturated rings. The standard InChI is InChI=1S/C15H19N7O2/c1-2-24-11-3-4-19-15(20-11)22-9-7-21(8-10-22)14(23)12-13(16)18-6-5-17-12/h3-6H,2,7-10H2,1H3,(H2,16,18). The number of hydrogen-bond donors (Lipinski definition) is 1. The Morgan fingerprint density at radius 1 is 1.17 bits per heavy atom. The first-order valence-electron chi connectivity index (χ1n) is 7.75. The van der Waals surface area contributed by atoms with Crippen LogP contribution in [0.5, 0.6) is 5.88 Å². The normalized spacial score (nSPS) is 14.5. The molecule has 2 aromatic heterocycles. The van der Waals surface area contributed by atoms with Gasteiger partial charge in [-0.1, -0.05) is 0 Å². The topological polar surface area (TPSA) is 110 Å². The van der Waals surface area contributed by atoms with Crippen molar-refractivity contribution in [3.05, 3.63) is 30.4 Å². The fraction of sp³-hybridized carbons (Fsp3) is 0.400. The Kier molecular flexibility index (Phi) is 4.69. The smallest absolute Gasteiger partial charge is 0.276 e. The first-order valence-corrected chi connectivity index (χ1v) is 7.75. The van der Waals surface area contributed by atoms with Gasteiger partial charge in [0.25, 0.3) is 5.91 Å². The van der Waals surface area contributed by atoms with E-state index in [0.717, 1.165) is 0 Å². The average Bonchev–Trinajstić information content (AvgIpc) is 2.62. The number of nitrogens with zero attached hydrogens (tertiary/aromatic N) is 6. The van der Waals surface area contributed by atoms with Gasteiger partial charge in [0.15, 0.2) is 11.5 Å². The highest BCUT2D eigenvalue weighted by atomic mass is 16.5. The van der Waals surface area contributed by atoms with Gasteiger partial charge >= 0.3 is 0 Å². The zero-order valence-electron chi connectivity index (χ0n) is 13.4. The van der Waals surface area contributed by atoms with Crippen LogP contribution in [0.3, 0.4) is 0 Å². The maximum Gasteiger partial charge on any atom is 0.276 e. The molecule has 0 unspecified atom stereocenters. The second-order valence-electron chi connectivity index (χ2n) is 5.20. The number of nitrogen functional groups attached to an aromatic ring is 1. The molecule has 0 spiro atoms. The number of carbonyl (C=O) groups excluding carboxylic acids is 1. The Morgan fingerprint density at radius 3 is 2.62 bits per heavy atom. The maximum absolute atomic E-state index is 12.5. The molecule has 0 aliphatic carbocycles. The second kappa shape index (κ2) is 7.07. The molecule has 0 atom stereocenters. The van der Waals surface area contributed by atoms with Gasteiger partial charge in [0.2, 0.25) is 11.8 Å². The molecular weight excluding hydrogens is 310 g/mol. The first kappa shape index (κ1) is 15.9. The highest BCUT2D eigenvalue weighted by molar-refractivity contribution is 5.96. The molecule has 9 heteroatoms. The molecule has 2 N–H and O–H groups in total. The van der Waals surface area contributed by atoms with Gasteiger partial charge in [0, 0.05) is 50.8 Å². The van der Waals surface area contributed by atoms with Crippen molar-refractivity contribution >= 4 is 17.7 Å². The molecule has 0 saturated carbocycles. The van der Waals surface area contributed by atoms with Crippen molar-refractivity contribution in [2.75, 3.05) is 43.4 Å². The summed E-state index contributed by atoms with van der Waals surface area (Å²) in [7, 11) is 0. The number of carbonyl (C=O) groups is 1. The van der Waals surface area contributed by atoms with Crippen LogP contribution in [-0.2, 0) is 0 Å². The third-order valence-corrected chi connectivity index (χ3v) is 3.69. The Labute approximate surface area is 139 Å². The number of rotatable bonds is 4. The number of ether oxygens (including phenoxy) is 1. The van der Waals surface area contributed by atoms with Crippen molar-refractivity contribution in [2.45, 2.75) is 6.92 Å². The number of nitrogens with two attached hydrogens (primary N) is 1. The summed E-state index contributed by atoms with van der Waals surface area (Å²) in [5.74, 6) is 1.10. The van der Waals surface area contributed by atoms with Crippen molar-refractivity contribution in [2.24, 2.45) is 0 Å². The Balaban J connectivity index is 1.64. The van der Waals surface area contributed by atoms with Crippen LogP contribution in [0.1, 0.15) is 17.4 Å². The predicted molar refractivity (Wildman–Crippen MR) is 87.8 cm³/mol. The van der Waals surface area contributed by atoms with Crippen LogP contribution in [0.15, 0.2) is 24.7 Å². The summed E-state index contributed by atoms with van der Waals surface area (Å²) in [6.45, 7) is 4.79. The van der Waals surface area contributed by atoms with E-state index >= 15 is 0 Å². The lowest BCUT2D eigenvalue weighted by Crippen LogP contribution is -2.49. The lowest BCUT2D eigenvalue weighted by atomic mass is 10.2. The van der Waals surface area contributed by atoms with Gasteiger partial charge in [0.05, 0.1) is 6.61 Å². The quantitative estimate of drug-likeness (QED) is 0.847. The zero-order valence-corrected chi connectivity index (χ0v) is 13.4. The molecule has 0 bridgehead atoms. The summed E-state index contributed by atoms with van der Waals surface area (Å²) in [5, 5.41) is 0. The minimum Gasteiger partial charge on any atom is -0.478 e. The summed E-state index contributed by atoms with van der Waals surface area (Å²) in [6.07, 6.45) is 4.60. The molecular formula is C15H19N7O2. The maximum atomic E-state index is 12.5. The molecule has 1 aliphatic heterocycles. The first-order chi connectivity index (χ1) is 11.7. The van der Waals surface area contributed by atoms with E-state index in [1.54, 1.807) is 17.2 Å². The highest BCUT2D eigenvalue weighted by Gasteiger charge is 2.25. The number of piperazine rings is 1. The van der Waals surface area contributed by atoms with E-state index in [2.05, 4.69) is 19.9 Å². The Bertz CT molecular complexity index is 716. The van der Waals surface area contributed by atoms with Crippen molar-refractivity contribution in [1.29, 1.82) is 0 Å². The van der Waals surface area contributed by atoms with Crippen LogP contribution in [0.4, 0.5) is 11.8 Å². The molecule has 24 heavy (non-hydrogen) atoms. The fourth-order valence-electron chi connectivity index (χ4n) is 2.49. The molecule has 2 aromatic rings. The molecule has 3 rings (SSSR count). The van der Waals surface area contributed by atoms with E-state index < -0.39 is 0 Å². The van der Waals surface area contributed by atoms with E-state index in [0.29, 0.717) is 44.6 Å². The van der Waals surface area contributed by atoms with Crippen molar-refractivity contribution < 1.29 is 9.53 Å². The summed E-state index contributed by atoms with van der Waals surface area (Å²) in [5.41, 5.74) is 5.92. The van der Waals surface area contributed by atoms with Crippen molar-refractivity contribution in [3.8, 4) is 5.88 Å². The van der Waals surface area contributed by atoms with E-state index in [1.165, 1.54) is 12.4 Å². The van der Waals surface area contributed by atoms with Gasteiger partial charge in [-0.2, -0.15) is 4.98 Å². The van der Waals surface area contributed by atoms with Gasteiger partial charge in [-0.3, -0.25) is 4.79 Å². The number of amides is 1. The van der Waals surface area contributed by atoms with E-state index in [-0.39, 0.29) is 17.4 Å². The minimum absolute atomic E-state index is 0.151. The molecule has 3 heterocycles. The van der Waals surface area contributed by atoms with E-state index in [1.807, 2.05) is 11.8 Å². The summed E-state index contributed by atoms with van der Waals surface area (Å²) in [6, 6.07) is 1.73. The Hall–Kier alpha value is -2.97. The molecule has 0 radical (unpaired) electrons. The average molecular weight is 329 g/mol. The van der Waals surface area contributed by atoms with Gasteiger partial charge in [-0.05, 0) is 6.92 Å². The second-order valence-corrected chi connectivity index (χ2v) is 5.20. The molecule has 0 aromatic carbocycles. The number of hydrogen-bond acceptors (Lipinski definition) is 8. The van der Waals surface area contributed by atoms with Crippen LogP contribution in [0, 0.1) is 0 Å². The number of anilines is 2. The lowest BCUT2D eigenvalue weighted by Gasteiger charge is -2.34. The minimum atomic E-state index is -0.204. The van der Waals surface area contributed by atoms with Crippen LogP contribution >= 0.6 is 0 Å². The molecule has 1 saturated heterocycles. The summed E-state index contributed by atoms with van der Waals surface area (Å²) in [4.78, 5) is 32.8. The predicted octanol–water partition coefficient (Wildman–Crippen LogP) is 0.210. The molecule has 1 amide bonds. The van der Waals surface area contributed by atoms with Crippen molar-refractivity contribution in [3.63, 3.8) is 0 Å². The monoisotopic (exact) mass is 329 g/mol. The number of aromatic nitrogens is 4. The van der Waals surface area contributed by atoms with Crippen LogP contribution in [-0.4, -0.2) is 63.5 Å². The summed E-state index contributed by atoms with van der Waals surface area (Å²) < 4.78 is 5.40. The van der Waals surface area contributed by atoms with Gasteiger partial charge in [-0.25, -0.2) is 15.0 Å². The fourth-order valence-corrected chi connectivity index (χ4v) is 2.49. The lowest BCUT2D eigenvalue weighted by molar-refractivity contribution is 0.0741. The Morgan fingerprint density at radius 2 is 1.92 bits per heavy atom. The van der Waals surface area contributed by atoms with Gasteiger partial charge in [0.1, 0.15) is 0 Å². The molecule has 1 aliphatic rings. The van der Waals surface area contributed by atoms with Crippen molar-refractivity contribution in [1.82, 2.24) is 24.8 Å². The van der Waals surface area contributed by atoms with E-state index in [9.17, 15) is 4.79 Å². The van der Waals surface area contributed by atoms with Crippen LogP contribution in [0.2, 0.25) is 0 Å².